The first-order valence-electron chi connectivity index (χ1n) is 7.39. The van der Waals surface area contributed by atoms with E-state index in [4.69, 9.17) is 22.1 Å². The van der Waals surface area contributed by atoms with Crippen LogP contribution in [0.25, 0.3) is 6.08 Å². The van der Waals surface area contributed by atoms with Crippen molar-refractivity contribution in [3.8, 4) is 11.5 Å². The van der Waals surface area contributed by atoms with Crippen LogP contribution in [0.2, 0.25) is 0 Å². The Morgan fingerprint density at radius 2 is 1.92 bits per heavy atom. The summed E-state index contributed by atoms with van der Waals surface area (Å²) in [6, 6.07) is 10.7. The minimum absolute atomic E-state index is 0.00993. The molecule has 132 valence electrons. The molecule has 1 heterocycles. The van der Waals surface area contributed by atoms with E-state index in [2.05, 4.69) is 0 Å². The number of carboxylic acid groups (broad SMARTS) is 1. The molecule has 1 aliphatic rings. The van der Waals surface area contributed by atoms with Crippen LogP contribution in [0.3, 0.4) is 0 Å². The van der Waals surface area contributed by atoms with Gasteiger partial charge in [-0.3, -0.25) is 9.69 Å². The summed E-state index contributed by atoms with van der Waals surface area (Å²) in [5.74, 6) is -1.02. The summed E-state index contributed by atoms with van der Waals surface area (Å²) in [6.45, 7) is 0. The van der Waals surface area contributed by atoms with Crippen LogP contribution in [0.4, 0.5) is 5.69 Å². The van der Waals surface area contributed by atoms with Crippen molar-refractivity contribution in [2.75, 3.05) is 12.0 Å². The fourth-order valence-corrected chi connectivity index (χ4v) is 3.68. The summed E-state index contributed by atoms with van der Waals surface area (Å²) in [5, 5.41) is 18.6. The fraction of sp³-hybridized carbons (Fsp3) is 0.0556. The SMILES string of the molecule is COc1cc(/C=C2\SC(=S)N(c3ccc(C(=O)O)cc3)C2=O)ccc1O. The smallest absolute Gasteiger partial charge is 0.335 e. The maximum Gasteiger partial charge on any atom is 0.335 e. The molecule has 2 N–H and O–H groups in total. The van der Waals surface area contributed by atoms with E-state index in [1.165, 1.54) is 30.2 Å². The standard InChI is InChI=1S/C18H13NO5S2/c1-24-14-8-10(2-7-13(14)20)9-15-16(21)19(18(25)26-15)12-5-3-11(4-6-12)17(22)23/h2-9,20H,1H3,(H,22,23)/b15-9-. The van der Waals surface area contributed by atoms with E-state index in [-0.39, 0.29) is 17.2 Å². The molecule has 0 saturated carbocycles. The zero-order chi connectivity index (χ0) is 18.8. The second-order valence-corrected chi connectivity index (χ2v) is 6.98. The number of hydrogen-bond acceptors (Lipinski definition) is 6. The van der Waals surface area contributed by atoms with Crippen LogP contribution in [0.5, 0.6) is 11.5 Å². The summed E-state index contributed by atoms with van der Waals surface area (Å²) >= 11 is 6.44. The second kappa shape index (κ2) is 7.19. The number of aromatic hydroxyl groups is 1. The highest BCUT2D eigenvalue weighted by atomic mass is 32.2. The molecule has 1 saturated heterocycles. The number of nitrogens with zero attached hydrogens (tertiary/aromatic N) is 1. The van der Waals surface area contributed by atoms with Crippen LogP contribution < -0.4 is 9.64 Å². The van der Waals surface area contributed by atoms with Gasteiger partial charge in [-0.2, -0.15) is 0 Å². The molecule has 26 heavy (non-hydrogen) atoms. The maximum atomic E-state index is 12.7. The predicted octanol–water partition coefficient (Wildman–Crippen LogP) is 3.50. The van der Waals surface area contributed by atoms with Gasteiger partial charge < -0.3 is 14.9 Å². The van der Waals surface area contributed by atoms with Crippen molar-refractivity contribution in [3.63, 3.8) is 0 Å². The number of amides is 1. The Morgan fingerprint density at radius 3 is 2.54 bits per heavy atom. The van der Waals surface area contributed by atoms with E-state index in [9.17, 15) is 14.7 Å². The van der Waals surface area contributed by atoms with Gasteiger partial charge in [-0.1, -0.05) is 30.0 Å². The first-order chi connectivity index (χ1) is 12.4. The average molecular weight is 387 g/mol. The molecule has 6 nitrogen and oxygen atoms in total. The van der Waals surface area contributed by atoms with E-state index >= 15 is 0 Å². The molecule has 0 unspecified atom stereocenters. The Balaban J connectivity index is 1.90. The summed E-state index contributed by atoms with van der Waals surface area (Å²) in [7, 11) is 1.44. The fourth-order valence-electron chi connectivity index (χ4n) is 2.38. The van der Waals surface area contributed by atoms with Crippen molar-refractivity contribution in [1.29, 1.82) is 0 Å². The minimum atomic E-state index is -1.04. The number of ether oxygens (including phenoxy) is 1. The maximum absolute atomic E-state index is 12.7. The third-order valence-corrected chi connectivity index (χ3v) is 4.97. The highest BCUT2D eigenvalue weighted by Crippen LogP contribution is 2.37. The molecule has 2 aromatic rings. The van der Waals surface area contributed by atoms with Crippen molar-refractivity contribution < 1.29 is 24.5 Å². The lowest BCUT2D eigenvalue weighted by atomic mass is 10.1. The number of benzene rings is 2. The third-order valence-electron chi connectivity index (χ3n) is 3.67. The van der Waals surface area contributed by atoms with E-state index in [1.54, 1.807) is 30.3 Å². The van der Waals surface area contributed by atoms with Crippen molar-refractivity contribution >= 4 is 51.9 Å². The number of thiocarbonyl (C=S) groups is 1. The van der Waals surface area contributed by atoms with Gasteiger partial charge in [0, 0.05) is 0 Å². The van der Waals surface area contributed by atoms with Gasteiger partial charge in [0.25, 0.3) is 5.91 Å². The van der Waals surface area contributed by atoms with E-state index in [1.807, 2.05) is 0 Å². The molecular formula is C18H13NO5S2. The van der Waals surface area contributed by atoms with Crippen LogP contribution in [0.1, 0.15) is 15.9 Å². The van der Waals surface area contributed by atoms with Crippen molar-refractivity contribution in [1.82, 2.24) is 0 Å². The van der Waals surface area contributed by atoms with Crippen LogP contribution >= 0.6 is 24.0 Å². The zero-order valence-corrected chi connectivity index (χ0v) is 15.1. The number of phenolic OH excluding ortho intramolecular Hbond substituents is 1. The van der Waals surface area contributed by atoms with E-state index in [0.29, 0.717) is 26.2 Å². The van der Waals surface area contributed by atoms with Gasteiger partial charge in [-0.15, -0.1) is 0 Å². The Bertz CT molecular complexity index is 937. The van der Waals surface area contributed by atoms with Gasteiger partial charge >= 0.3 is 5.97 Å². The molecule has 0 atom stereocenters. The molecule has 2 aromatic carbocycles. The quantitative estimate of drug-likeness (QED) is 0.613. The Kier molecular flexibility index (Phi) is 4.97. The number of phenols is 1. The molecule has 0 radical (unpaired) electrons. The molecule has 1 fully saturated rings. The lowest BCUT2D eigenvalue weighted by molar-refractivity contribution is -0.113. The van der Waals surface area contributed by atoms with Crippen LogP contribution in [-0.2, 0) is 4.79 Å². The third kappa shape index (κ3) is 3.42. The number of thioether (sulfide) groups is 1. The highest BCUT2D eigenvalue weighted by Gasteiger charge is 2.33. The van der Waals surface area contributed by atoms with Crippen molar-refractivity contribution in [3.05, 3.63) is 58.5 Å². The number of anilines is 1. The number of carboxylic acids is 1. The number of rotatable bonds is 4. The van der Waals surface area contributed by atoms with Gasteiger partial charge in [0.05, 0.1) is 23.3 Å². The number of carbonyl (C=O) groups is 2. The number of aromatic carboxylic acids is 1. The largest absolute Gasteiger partial charge is 0.504 e. The Labute approximate surface area is 158 Å². The number of carbonyl (C=O) groups excluding carboxylic acids is 1. The van der Waals surface area contributed by atoms with Gasteiger partial charge in [0.2, 0.25) is 0 Å². The van der Waals surface area contributed by atoms with Gasteiger partial charge in [-0.05, 0) is 48.0 Å². The highest BCUT2D eigenvalue weighted by molar-refractivity contribution is 8.27. The molecule has 0 bridgehead atoms. The monoisotopic (exact) mass is 387 g/mol. The molecule has 1 aliphatic heterocycles. The van der Waals surface area contributed by atoms with Gasteiger partial charge in [-0.25, -0.2) is 4.79 Å². The normalized spacial score (nSPS) is 15.6. The average Bonchev–Trinajstić information content (AvgIpc) is 2.90. The van der Waals surface area contributed by atoms with E-state index in [0.717, 1.165) is 11.8 Å². The minimum Gasteiger partial charge on any atom is -0.504 e. The summed E-state index contributed by atoms with van der Waals surface area (Å²) in [5.41, 5.74) is 1.32. The lowest BCUT2D eigenvalue weighted by Gasteiger charge is -2.14. The van der Waals surface area contributed by atoms with Gasteiger partial charge in [0.1, 0.15) is 0 Å². The molecule has 3 rings (SSSR count). The number of hydrogen-bond donors (Lipinski definition) is 2. The van der Waals surface area contributed by atoms with Crippen LogP contribution in [0.15, 0.2) is 47.4 Å². The number of methoxy groups -OCH3 is 1. The first kappa shape index (κ1) is 18.0. The predicted molar refractivity (Wildman–Crippen MR) is 104 cm³/mol. The molecule has 0 aliphatic carbocycles. The van der Waals surface area contributed by atoms with Crippen LogP contribution in [-0.4, -0.2) is 33.5 Å². The molecular weight excluding hydrogens is 374 g/mol. The summed E-state index contributed by atoms with van der Waals surface area (Å²) in [6.07, 6.45) is 1.66. The Hall–Kier alpha value is -2.84. The molecule has 8 heteroatoms. The van der Waals surface area contributed by atoms with Crippen molar-refractivity contribution in [2.45, 2.75) is 0 Å². The van der Waals surface area contributed by atoms with Crippen molar-refractivity contribution in [2.24, 2.45) is 0 Å². The lowest BCUT2D eigenvalue weighted by Crippen LogP contribution is -2.27. The topological polar surface area (TPSA) is 87.1 Å². The van der Waals surface area contributed by atoms with E-state index < -0.39 is 5.97 Å². The molecule has 0 aromatic heterocycles. The molecule has 1 amide bonds. The molecule has 0 spiro atoms. The van der Waals surface area contributed by atoms with Crippen LogP contribution in [0, 0.1) is 0 Å². The first-order valence-corrected chi connectivity index (χ1v) is 8.61. The second-order valence-electron chi connectivity index (χ2n) is 5.30. The zero-order valence-electron chi connectivity index (χ0n) is 13.5. The Morgan fingerprint density at radius 1 is 1.23 bits per heavy atom. The summed E-state index contributed by atoms with van der Waals surface area (Å²) < 4.78 is 5.42. The van der Waals surface area contributed by atoms with Gasteiger partial charge in [0.15, 0.2) is 15.8 Å². The summed E-state index contributed by atoms with van der Waals surface area (Å²) in [4.78, 5) is 25.4.